The molecule has 7 nitrogen and oxygen atoms in total. The molecule has 2 unspecified atom stereocenters. The fourth-order valence-corrected chi connectivity index (χ4v) is 2.02. The number of carboxylic acids is 1. The number of hydrogen-bond donors (Lipinski definition) is 3. The van der Waals surface area contributed by atoms with Gasteiger partial charge in [-0.15, -0.1) is 0 Å². The van der Waals surface area contributed by atoms with Crippen LogP contribution in [0.1, 0.15) is 19.3 Å². The number of carbonyl (C=O) groups is 3. The van der Waals surface area contributed by atoms with Gasteiger partial charge >= 0.3 is 5.97 Å². The van der Waals surface area contributed by atoms with E-state index in [9.17, 15) is 14.4 Å². The van der Waals surface area contributed by atoms with E-state index in [0.29, 0.717) is 25.8 Å². The molecule has 4 N–H and O–H groups in total. The number of amides is 2. The van der Waals surface area contributed by atoms with Gasteiger partial charge in [0, 0.05) is 19.0 Å². The SMILES string of the molecule is NCCO.O=C(O)C1CC2CCC(=O)N2C1=O. The first-order chi connectivity index (χ1) is 8.02. The summed E-state index contributed by atoms with van der Waals surface area (Å²) in [6.07, 6.45) is 1.29. The molecule has 0 spiro atoms. The summed E-state index contributed by atoms with van der Waals surface area (Å²) in [6.45, 7) is 0.472. The number of nitrogens with two attached hydrogens (primary N) is 1. The lowest BCUT2D eigenvalue weighted by atomic mass is 10.0. The smallest absolute Gasteiger partial charge is 0.316 e. The van der Waals surface area contributed by atoms with Gasteiger partial charge in [0.1, 0.15) is 5.92 Å². The van der Waals surface area contributed by atoms with Crippen molar-refractivity contribution in [1.82, 2.24) is 4.90 Å². The number of nitrogens with zero attached hydrogens (tertiary/aromatic N) is 1. The molecule has 0 aromatic carbocycles. The highest BCUT2D eigenvalue weighted by molar-refractivity contribution is 6.07. The molecule has 2 aliphatic heterocycles. The molecule has 2 heterocycles. The molecule has 17 heavy (non-hydrogen) atoms. The topological polar surface area (TPSA) is 121 Å². The average Bonchev–Trinajstić information content (AvgIpc) is 2.81. The van der Waals surface area contributed by atoms with Crippen molar-refractivity contribution in [2.75, 3.05) is 13.2 Å². The van der Waals surface area contributed by atoms with Crippen LogP contribution in [0.25, 0.3) is 0 Å². The van der Waals surface area contributed by atoms with Crippen LogP contribution in [-0.2, 0) is 14.4 Å². The lowest BCUT2D eigenvalue weighted by Crippen LogP contribution is -2.34. The van der Waals surface area contributed by atoms with Crippen molar-refractivity contribution in [1.29, 1.82) is 0 Å². The molecular weight excluding hydrogens is 228 g/mol. The van der Waals surface area contributed by atoms with Crippen molar-refractivity contribution in [3.05, 3.63) is 0 Å². The molecular formula is C10H16N2O5. The molecule has 0 bridgehead atoms. The third-order valence-corrected chi connectivity index (χ3v) is 2.80. The first-order valence-electron chi connectivity index (χ1n) is 5.42. The Balaban J connectivity index is 0.000000317. The second-order valence-corrected chi connectivity index (χ2v) is 3.93. The highest BCUT2D eigenvalue weighted by atomic mass is 16.4. The summed E-state index contributed by atoms with van der Waals surface area (Å²) in [7, 11) is 0. The molecule has 7 heteroatoms. The van der Waals surface area contributed by atoms with E-state index < -0.39 is 17.8 Å². The molecule has 2 atom stereocenters. The van der Waals surface area contributed by atoms with E-state index in [1.807, 2.05) is 0 Å². The first kappa shape index (κ1) is 13.6. The van der Waals surface area contributed by atoms with Gasteiger partial charge in [-0.05, 0) is 12.8 Å². The molecule has 2 amide bonds. The van der Waals surface area contributed by atoms with E-state index >= 15 is 0 Å². The summed E-state index contributed by atoms with van der Waals surface area (Å²) in [6, 6.07) is -0.152. The third-order valence-electron chi connectivity index (χ3n) is 2.80. The maximum absolute atomic E-state index is 11.4. The minimum absolute atomic E-state index is 0.0972. The van der Waals surface area contributed by atoms with Crippen molar-refractivity contribution in [2.24, 2.45) is 11.7 Å². The van der Waals surface area contributed by atoms with Crippen LogP contribution < -0.4 is 5.73 Å². The number of aliphatic hydroxyl groups is 1. The van der Waals surface area contributed by atoms with Crippen LogP contribution >= 0.6 is 0 Å². The second-order valence-electron chi connectivity index (χ2n) is 3.93. The zero-order chi connectivity index (χ0) is 13.0. The molecule has 0 saturated carbocycles. The summed E-state index contributed by atoms with van der Waals surface area (Å²) in [5.74, 6) is -2.86. The fraction of sp³-hybridized carbons (Fsp3) is 0.700. The van der Waals surface area contributed by atoms with Crippen molar-refractivity contribution < 1.29 is 24.6 Å². The standard InChI is InChI=1S/C8H9NO4.C2H7NO/c10-6-2-1-4-3-5(8(12)13)7(11)9(4)6;3-1-2-4/h4-5H,1-3H2,(H,12,13);4H,1-3H2. The van der Waals surface area contributed by atoms with E-state index in [4.69, 9.17) is 15.9 Å². The van der Waals surface area contributed by atoms with E-state index in [0.717, 1.165) is 4.90 Å². The Morgan fingerprint density at radius 1 is 1.47 bits per heavy atom. The third kappa shape index (κ3) is 2.80. The van der Waals surface area contributed by atoms with Gasteiger partial charge in [0.05, 0.1) is 6.61 Å². The Hall–Kier alpha value is -1.47. The van der Waals surface area contributed by atoms with Gasteiger partial charge in [0.2, 0.25) is 11.8 Å². The Morgan fingerprint density at radius 2 is 2.06 bits per heavy atom. The summed E-state index contributed by atoms with van der Waals surface area (Å²) < 4.78 is 0. The van der Waals surface area contributed by atoms with Gasteiger partial charge < -0.3 is 15.9 Å². The Morgan fingerprint density at radius 3 is 2.47 bits per heavy atom. The predicted molar refractivity (Wildman–Crippen MR) is 56.8 cm³/mol. The van der Waals surface area contributed by atoms with Gasteiger partial charge in [0.15, 0.2) is 0 Å². The van der Waals surface area contributed by atoms with Crippen LogP contribution in [0.5, 0.6) is 0 Å². The number of aliphatic carboxylic acids is 1. The molecule has 0 aliphatic carbocycles. The molecule has 2 fully saturated rings. The zero-order valence-electron chi connectivity index (χ0n) is 9.33. The van der Waals surface area contributed by atoms with Crippen LogP contribution in [0, 0.1) is 5.92 Å². The predicted octanol–water partition coefficient (Wildman–Crippen LogP) is -1.45. The average molecular weight is 244 g/mol. The lowest BCUT2D eigenvalue weighted by molar-refractivity contribution is -0.149. The lowest BCUT2D eigenvalue weighted by Gasteiger charge is -2.11. The minimum atomic E-state index is -1.12. The maximum atomic E-state index is 11.4. The Bertz CT molecular complexity index is 329. The highest BCUT2D eigenvalue weighted by Gasteiger charge is 2.49. The zero-order valence-corrected chi connectivity index (χ0v) is 9.33. The first-order valence-corrected chi connectivity index (χ1v) is 5.42. The maximum Gasteiger partial charge on any atom is 0.316 e. The van der Waals surface area contributed by atoms with Crippen molar-refractivity contribution in [2.45, 2.75) is 25.3 Å². The van der Waals surface area contributed by atoms with Gasteiger partial charge in [-0.2, -0.15) is 0 Å². The van der Waals surface area contributed by atoms with Crippen LogP contribution in [0.15, 0.2) is 0 Å². The summed E-state index contributed by atoms with van der Waals surface area (Å²) in [4.78, 5) is 34.2. The van der Waals surface area contributed by atoms with E-state index in [1.165, 1.54) is 0 Å². The van der Waals surface area contributed by atoms with Gasteiger partial charge in [0.25, 0.3) is 0 Å². The molecule has 2 saturated heterocycles. The largest absolute Gasteiger partial charge is 0.481 e. The van der Waals surface area contributed by atoms with Crippen molar-refractivity contribution >= 4 is 17.8 Å². The normalized spacial score (nSPS) is 26.6. The van der Waals surface area contributed by atoms with Gasteiger partial charge in [-0.3, -0.25) is 19.3 Å². The summed E-state index contributed by atoms with van der Waals surface area (Å²) in [5.41, 5.74) is 4.78. The molecule has 0 aromatic heterocycles. The highest BCUT2D eigenvalue weighted by Crippen LogP contribution is 2.33. The monoisotopic (exact) mass is 244 g/mol. The summed E-state index contributed by atoms with van der Waals surface area (Å²) in [5, 5.41) is 16.4. The molecule has 0 radical (unpaired) electrons. The Labute approximate surface area is 98.2 Å². The van der Waals surface area contributed by atoms with Gasteiger partial charge in [-0.1, -0.05) is 0 Å². The number of aliphatic hydroxyl groups excluding tert-OH is 1. The van der Waals surface area contributed by atoms with Crippen molar-refractivity contribution in [3.63, 3.8) is 0 Å². The van der Waals surface area contributed by atoms with Crippen LogP contribution in [0.4, 0.5) is 0 Å². The van der Waals surface area contributed by atoms with E-state index in [-0.39, 0.29) is 18.6 Å². The van der Waals surface area contributed by atoms with E-state index in [2.05, 4.69) is 0 Å². The molecule has 2 aliphatic rings. The number of carboxylic acid groups (broad SMARTS) is 1. The number of carbonyl (C=O) groups excluding carboxylic acids is 2. The van der Waals surface area contributed by atoms with Crippen LogP contribution in [-0.4, -0.2) is 52.1 Å². The van der Waals surface area contributed by atoms with Crippen molar-refractivity contribution in [3.8, 4) is 0 Å². The second kappa shape index (κ2) is 5.74. The summed E-state index contributed by atoms with van der Waals surface area (Å²) >= 11 is 0. The molecule has 96 valence electrons. The number of imide groups is 1. The quantitative estimate of drug-likeness (QED) is 0.403. The Kier molecular flexibility index (Phi) is 4.59. The minimum Gasteiger partial charge on any atom is -0.481 e. The number of rotatable bonds is 2. The number of hydrogen-bond acceptors (Lipinski definition) is 5. The molecule has 2 rings (SSSR count). The van der Waals surface area contributed by atoms with Crippen LogP contribution in [0.3, 0.4) is 0 Å². The van der Waals surface area contributed by atoms with Gasteiger partial charge in [-0.25, -0.2) is 0 Å². The van der Waals surface area contributed by atoms with Crippen LogP contribution in [0.2, 0.25) is 0 Å². The van der Waals surface area contributed by atoms with E-state index in [1.54, 1.807) is 0 Å². The number of fused-ring (bicyclic) bond motifs is 1. The fourth-order valence-electron chi connectivity index (χ4n) is 2.02. The molecule has 0 aromatic rings.